The fraction of sp³-hybridized carbons (Fsp3) is 0.385. The van der Waals surface area contributed by atoms with Crippen LogP contribution in [0.5, 0.6) is 0 Å². The van der Waals surface area contributed by atoms with Crippen LogP contribution in [0.3, 0.4) is 0 Å². The summed E-state index contributed by atoms with van der Waals surface area (Å²) >= 11 is 11.7. The van der Waals surface area contributed by atoms with Crippen LogP contribution in [-0.4, -0.2) is 29.3 Å². The maximum Gasteiger partial charge on any atom is 0.252 e. The van der Waals surface area contributed by atoms with Crippen molar-refractivity contribution in [1.82, 2.24) is 4.90 Å². The van der Waals surface area contributed by atoms with E-state index < -0.39 is 6.04 Å². The minimum Gasteiger partial charge on any atom is -0.373 e. The van der Waals surface area contributed by atoms with Crippen LogP contribution in [-0.2, 0) is 9.59 Å². The van der Waals surface area contributed by atoms with E-state index in [1.54, 1.807) is 18.2 Å². The molecule has 1 unspecified atom stereocenters. The second-order valence-electron chi connectivity index (χ2n) is 4.41. The zero-order valence-corrected chi connectivity index (χ0v) is 12.0. The summed E-state index contributed by atoms with van der Waals surface area (Å²) in [5, 5.41) is 3.89. The van der Waals surface area contributed by atoms with E-state index in [1.807, 2.05) is 6.92 Å². The van der Waals surface area contributed by atoms with E-state index in [4.69, 9.17) is 23.2 Å². The lowest BCUT2D eigenvalue weighted by Crippen LogP contribution is -2.35. The number of nitrogens with zero attached hydrogens (tertiary/aromatic N) is 1. The van der Waals surface area contributed by atoms with E-state index in [2.05, 4.69) is 5.32 Å². The largest absolute Gasteiger partial charge is 0.373 e. The molecule has 2 amide bonds. The van der Waals surface area contributed by atoms with Crippen molar-refractivity contribution < 1.29 is 9.59 Å². The molecule has 0 radical (unpaired) electrons. The molecular formula is C13H14Cl2N2O2. The highest BCUT2D eigenvalue weighted by Crippen LogP contribution is 2.26. The van der Waals surface area contributed by atoms with Crippen LogP contribution < -0.4 is 5.32 Å². The molecule has 1 fully saturated rings. The maximum atomic E-state index is 12.0. The summed E-state index contributed by atoms with van der Waals surface area (Å²) in [6.45, 7) is 2.40. The molecule has 0 aliphatic carbocycles. The Morgan fingerprint density at radius 2 is 2.05 bits per heavy atom. The van der Waals surface area contributed by atoms with Crippen molar-refractivity contribution in [2.24, 2.45) is 0 Å². The lowest BCUT2D eigenvalue weighted by atomic mass is 10.2. The van der Waals surface area contributed by atoms with Crippen LogP contribution in [0.25, 0.3) is 0 Å². The molecule has 1 heterocycles. The number of hydrogen-bond acceptors (Lipinski definition) is 3. The molecule has 19 heavy (non-hydrogen) atoms. The number of carbonyl (C=O) groups is 2. The normalized spacial score (nSPS) is 19.1. The zero-order chi connectivity index (χ0) is 14.0. The minimum absolute atomic E-state index is 0.135. The number of imide groups is 1. The van der Waals surface area contributed by atoms with Crippen LogP contribution in [0.2, 0.25) is 10.0 Å². The smallest absolute Gasteiger partial charge is 0.252 e. The number of anilines is 1. The van der Waals surface area contributed by atoms with Gasteiger partial charge in [-0.1, -0.05) is 30.1 Å². The molecule has 0 saturated carbocycles. The average Bonchev–Trinajstić information content (AvgIpc) is 2.62. The van der Waals surface area contributed by atoms with Gasteiger partial charge in [0.2, 0.25) is 5.91 Å². The van der Waals surface area contributed by atoms with Crippen molar-refractivity contribution in [2.75, 3.05) is 11.9 Å². The van der Waals surface area contributed by atoms with Crippen molar-refractivity contribution >= 4 is 40.7 Å². The molecule has 1 aromatic rings. The van der Waals surface area contributed by atoms with Crippen molar-refractivity contribution in [3.63, 3.8) is 0 Å². The van der Waals surface area contributed by atoms with Crippen molar-refractivity contribution in [3.05, 3.63) is 28.2 Å². The molecular weight excluding hydrogens is 287 g/mol. The Kier molecular flexibility index (Phi) is 4.32. The number of nitrogens with one attached hydrogen (secondary N) is 1. The first-order valence-corrected chi connectivity index (χ1v) is 6.84. The van der Waals surface area contributed by atoms with E-state index in [-0.39, 0.29) is 18.2 Å². The highest BCUT2D eigenvalue weighted by Gasteiger charge is 2.37. The second-order valence-corrected chi connectivity index (χ2v) is 5.23. The molecule has 1 aliphatic rings. The average molecular weight is 301 g/mol. The Morgan fingerprint density at radius 3 is 2.68 bits per heavy atom. The highest BCUT2D eigenvalue weighted by molar-refractivity contribution is 6.42. The van der Waals surface area contributed by atoms with Crippen LogP contribution in [0.4, 0.5) is 5.69 Å². The first-order chi connectivity index (χ1) is 9.02. The van der Waals surface area contributed by atoms with E-state index in [0.29, 0.717) is 22.3 Å². The predicted octanol–water partition coefficient (Wildman–Crippen LogP) is 2.94. The van der Waals surface area contributed by atoms with Gasteiger partial charge in [0.05, 0.1) is 16.5 Å². The number of amides is 2. The molecule has 0 bridgehead atoms. The monoisotopic (exact) mass is 300 g/mol. The molecule has 2 rings (SSSR count). The third-order valence-electron chi connectivity index (χ3n) is 2.95. The third-order valence-corrected chi connectivity index (χ3v) is 3.69. The minimum atomic E-state index is -0.517. The maximum absolute atomic E-state index is 12.0. The summed E-state index contributed by atoms with van der Waals surface area (Å²) in [5.41, 5.74) is 0.680. The van der Waals surface area contributed by atoms with E-state index in [9.17, 15) is 9.59 Å². The SMILES string of the molecule is CCCN1C(=O)CC(Nc2ccc(Cl)c(Cl)c2)C1=O. The quantitative estimate of drug-likeness (QED) is 0.870. The van der Waals surface area contributed by atoms with Crippen molar-refractivity contribution in [3.8, 4) is 0 Å². The molecule has 0 aromatic heterocycles. The first-order valence-electron chi connectivity index (χ1n) is 6.08. The molecule has 1 atom stereocenters. The number of hydrogen-bond donors (Lipinski definition) is 1. The third kappa shape index (κ3) is 3.01. The van der Waals surface area contributed by atoms with E-state index in [1.165, 1.54) is 4.90 Å². The van der Waals surface area contributed by atoms with E-state index in [0.717, 1.165) is 6.42 Å². The van der Waals surface area contributed by atoms with Gasteiger partial charge in [0.1, 0.15) is 6.04 Å². The fourth-order valence-corrected chi connectivity index (χ4v) is 2.34. The van der Waals surface area contributed by atoms with Crippen LogP contribution in [0.15, 0.2) is 18.2 Å². The Bertz CT molecular complexity index is 519. The number of rotatable bonds is 4. The summed E-state index contributed by atoms with van der Waals surface area (Å²) in [5.74, 6) is -0.317. The number of halogens is 2. The van der Waals surface area contributed by atoms with Gasteiger partial charge in [-0.2, -0.15) is 0 Å². The lowest BCUT2D eigenvalue weighted by Gasteiger charge is -2.15. The summed E-state index contributed by atoms with van der Waals surface area (Å²) < 4.78 is 0. The standard InChI is InChI=1S/C13H14Cl2N2O2/c1-2-5-17-12(18)7-11(13(17)19)16-8-3-4-9(14)10(15)6-8/h3-4,6,11,16H,2,5,7H2,1H3. The Labute approximate surface area is 121 Å². The molecule has 102 valence electrons. The molecule has 4 nitrogen and oxygen atoms in total. The summed E-state index contributed by atoms with van der Waals surface area (Å²) in [7, 11) is 0. The van der Waals surface area contributed by atoms with Crippen LogP contribution in [0.1, 0.15) is 19.8 Å². The Balaban J connectivity index is 2.09. The molecule has 1 aromatic carbocycles. The van der Waals surface area contributed by atoms with Gasteiger partial charge in [-0.15, -0.1) is 0 Å². The molecule has 1 saturated heterocycles. The van der Waals surface area contributed by atoms with Gasteiger partial charge in [0.25, 0.3) is 5.91 Å². The molecule has 0 spiro atoms. The van der Waals surface area contributed by atoms with Gasteiger partial charge < -0.3 is 5.32 Å². The van der Waals surface area contributed by atoms with Gasteiger partial charge in [-0.05, 0) is 24.6 Å². The Hall–Kier alpha value is -1.26. The van der Waals surface area contributed by atoms with Crippen molar-refractivity contribution in [1.29, 1.82) is 0 Å². The predicted molar refractivity (Wildman–Crippen MR) is 75.5 cm³/mol. The van der Waals surface area contributed by atoms with Crippen LogP contribution in [0, 0.1) is 0 Å². The van der Waals surface area contributed by atoms with Gasteiger partial charge in [-0.3, -0.25) is 14.5 Å². The summed E-state index contributed by atoms with van der Waals surface area (Å²) in [6.07, 6.45) is 0.941. The zero-order valence-electron chi connectivity index (χ0n) is 10.5. The second kappa shape index (κ2) is 5.80. The Morgan fingerprint density at radius 1 is 1.32 bits per heavy atom. The lowest BCUT2D eigenvalue weighted by molar-refractivity contribution is -0.138. The topological polar surface area (TPSA) is 49.4 Å². The number of carbonyl (C=O) groups excluding carboxylic acids is 2. The molecule has 1 aliphatic heterocycles. The van der Waals surface area contributed by atoms with Gasteiger partial charge in [0, 0.05) is 12.2 Å². The fourth-order valence-electron chi connectivity index (χ4n) is 2.04. The first kappa shape index (κ1) is 14.2. The van der Waals surface area contributed by atoms with Gasteiger partial charge in [0.15, 0.2) is 0 Å². The highest BCUT2D eigenvalue weighted by atomic mass is 35.5. The molecule has 1 N–H and O–H groups in total. The molecule has 6 heteroatoms. The van der Waals surface area contributed by atoms with Gasteiger partial charge in [-0.25, -0.2) is 0 Å². The number of benzene rings is 1. The summed E-state index contributed by atoms with van der Waals surface area (Å²) in [6, 6.07) is 4.51. The summed E-state index contributed by atoms with van der Waals surface area (Å²) in [4.78, 5) is 25.1. The van der Waals surface area contributed by atoms with Gasteiger partial charge >= 0.3 is 0 Å². The van der Waals surface area contributed by atoms with Crippen LogP contribution >= 0.6 is 23.2 Å². The number of likely N-dealkylation sites (tertiary alicyclic amines) is 1. The van der Waals surface area contributed by atoms with E-state index >= 15 is 0 Å². The van der Waals surface area contributed by atoms with Crippen molar-refractivity contribution in [2.45, 2.75) is 25.8 Å².